The molecular formula is C11H14ClNO2. The molecule has 1 aromatic carbocycles. The van der Waals surface area contributed by atoms with Crippen LogP contribution >= 0.6 is 11.6 Å². The summed E-state index contributed by atoms with van der Waals surface area (Å²) in [7, 11) is 1.57. The molecule has 0 spiro atoms. The minimum atomic E-state index is -0.168. The zero-order chi connectivity index (χ0) is 11.4. The van der Waals surface area contributed by atoms with Gasteiger partial charge in [0.05, 0.1) is 17.7 Å². The van der Waals surface area contributed by atoms with Crippen molar-refractivity contribution in [3.63, 3.8) is 0 Å². The standard InChI is InChI=1S/C11H14ClNO2/c1-4-13-11(14)10-7(2)9(15-3)6-5-8(10)12/h5-6H,4H2,1-3H3,(H,13,14). The summed E-state index contributed by atoms with van der Waals surface area (Å²) in [5.74, 6) is 0.500. The molecule has 15 heavy (non-hydrogen) atoms. The smallest absolute Gasteiger partial charge is 0.253 e. The quantitative estimate of drug-likeness (QED) is 0.861. The van der Waals surface area contributed by atoms with Crippen LogP contribution in [0.1, 0.15) is 22.8 Å². The van der Waals surface area contributed by atoms with Crippen molar-refractivity contribution >= 4 is 17.5 Å². The molecule has 0 unspecified atom stereocenters. The molecule has 0 saturated carbocycles. The molecule has 0 aliphatic heterocycles. The summed E-state index contributed by atoms with van der Waals surface area (Å²) in [5, 5.41) is 3.16. The number of hydrogen-bond donors (Lipinski definition) is 1. The van der Waals surface area contributed by atoms with Crippen LogP contribution < -0.4 is 10.1 Å². The summed E-state index contributed by atoms with van der Waals surface area (Å²) < 4.78 is 5.13. The third-order valence-electron chi connectivity index (χ3n) is 2.15. The summed E-state index contributed by atoms with van der Waals surface area (Å²) in [6.07, 6.45) is 0. The minimum absolute atomic E-state index is 0.168. The van der Waals surface area contributed by atoms with Crippen molar-refractivity contribution in [3.05, 3.63) is 28.3 Å². The lowest BCUT2D eigenvalue weighted by atomic mass is 10.1. The van der Waals surface area contributed by atoms with E-state index in [-0.39, 0.29) is 5.91 Å². The highest BCUT2D eigenvalue weighted by atomic mass is 35.5. The monoisotopic (exact) mass is 227 g/mol. The van der Waals surface area contributed by atoms with Crippen LogP contribution in [0.4, 0.5) is 0 Å². The first kappa shape index (κ1) is 11.9. The Morgan fingerprint density at radius 3 is 2.73 bits per heavy atom. The van der Waals surface area contributed by atoms with Crippen molar-refractivity contribution in [2.24, 2.45) is 0 Å². The first-order chi connectivity index (χ1) is 7.11. The van der Waals surface area contributed by atoms with E-state index in [0.29, 0.717) is 22.9 Å². The molecule has 0 heterocycles. The van der Waals surface area contributed by atoms with E-state index in [1.165, 1.54) is 0 Å². The molecule has 1 amide bonds. The van der Waals surface area contributed by atoms with Crippen LogP contribution in [-0.2, 0) is 0 Å². The number of nitrogens with one attached hydrogen (secondary N) is 1. The Kier molecular flexibility index (Phi) is 3.97. The van der Waals surface area contributed by atoms with Gasteiger partial charge >= 0.3 is 0 Å². The fourth-order valence-electron chi connectivity index (χ4n) is 1.41. The molecule has 0 radical (unpaired) electrons. The van der Waals surface area contributed by atoms with Crippen LogP contribution in [0.5, 0.6) is 5.75 Å². The van der Waals surface area contributed by atoms with Crippen molar-refractivity contribution in [1.29, 1.82) is 0 Å². The Balaban J connectivity index is 3.20. The number of ether oxygens (including phenoxy) is 1. The maximum atomic E-state index is 11.7. The van der Waals surface area contributed by atoms with Gasteiger partial charge in [0.1, 0.15) is 5.75 Å². The minimum Gasteiger partial charge on any atom is -0.496 e. The lowest BCUT2D eigenvalue weighted by molar-refractivity contribution is 0.0955. The molecule has 1 aromatic rings. The van der Waals surface area contributed by atoms with E-state index in [1.54, 1.807) is 19.2 Å². The number of benzene rings is 1. The predicted octanol–water partition coefficient (Wildman–Crippen LogP) is 2.41. The summed E-state index contributed by atoms with van der Waals surface area (Å²) in [6, 6.07) is 3.42. The maximum Gasteiger partial charge on any atom is 0.253 e. The van der Waals surface area contributed by atoms with Crippen molar-refractivity contribution < 1.29 is 9.53 Å². The van der Waals surface area contributed by atoms with Crippen molar-refractivity contribution in [2.75, 3.05) is 13.7 Å². The van der Waals surface area contributed by atoms with Gasteiger partial charge < -0.3 is 10.1 Å². The molecule has 0 aliphatic carbocycles. The highest BCUT2D eigenvalue weighted by Gasteiger charge is 2.15. The van der Waals surface area contributed by atoms with Gasteiger partial charge in [-0.05, 0) is 26.0 Å². The average molecular weight is 228 g/mol. The summed E-state index contributed by atoms with van der Waals surface area (Å²) in [6.45, 7) is 4.25. The van der Waals surface area contributed by atoms with Crippen LogP contribution in [-0.4, -0.2) is 19.6 Å². The fraction of sp³-hybridized carbons (Fsp3) is 0.364. The SMILES string of the molecule is CCNC(=O)c1c(Cl)ccc(OC)c1C. The largest absolute Gasteiger partial charge is 0.496 e. The van der Waals surface area contributed by atoms with Gasteiger partial charge in [-0.1, -0.05) is 11.6 Å². The van der Waals surface area contributed by atoms with Gasteiger partial charge in [-0.15, -0.1) is 0 Å². The van der Waals surface area contributed by atoms with Crippen LogP contribution in [0.15, 0.2) is 12.1 Å². The number of hydrogen-bond acceptors (Lipinski definition) is 2. The summed E-state index contributed by atoms with van der Waals surface area (Å²) in [4.78, 5) is 11.7. The van der Waals surface area contributed by atoms with Crippen molar-refractivity contribution in [3.8, 4) is 5.75 Å². The van der Waals surface area contributed by atoms with E-state index in [4.69, 9.17) is 16.3 Å². The predicted molar refractivity (Wildman–Crippen MR) is 60.7 cm³/mol. The second-order valence-electron chi connectivity index (χ2n) is 3.11. The molecular weight excluding hydrogens is 214 g/mol. The molecule has 4 heteroatoms. The number of amides is 1. The number of rotatable bonds is 3. The third kappa shape index (κ3) is 2.42. The summed E-state index contributed by atoms with van der Waals surface area (Å²) >= 11 is 5.97. The van der Waals surface area contributed by atoms with Crippen LogP contribution in [0.3, 0.4) is 0 Å². The van der Waals surface area contributed by atoms with Gasteiger partial charge in [0, 0.05) is 12.1 Å². The van der Waals surface area contributed by atoms with E-state index in [9.17, 15) is 4.79 Å². The zero-order valence-corrected chi connectivity index (χ0v) is 9.81. The van der Waals surface area contributed by atoms with E-state index < -0.39 is 0 Å². The van der Waals surface area contributed by atoms with Gasteiger partial charge in [0.2, 0.25) is 0 Å². The fourth-order valence-corrected chi connectivity index (χ4v) is 1.70. The van der Waals surface area contributed by atoms with Crippen molar-refractivity contribution in [2.45, 2.75) is 13.8 Å². The Bertz CT molecular complexity index is 377. The highest BCUT2D eigenvalue weighted by molar-refractivity contribution is 6.34. The maximum absolute atomic E-state index is 11.7. The van der Waals surface area contributed by atoms with E-state index in [0.717, 1.165) is 5.56 Å². The van der Waals surface area contributed by atoms with Gasteiger partial charge in [-0.2, -0.15) is 0 Å². The molecule has 3 nitrogen and oxygen atoms in total. The Morgan fingerprint density at radius 1 is 1.53 bits per heavy atom. The second-order valence-corrected chi connectivity index (χ2v) is 3.52. The van der Waals surface area contributed by atoms with E-state index in [1.807, 2.05) is 13.8 Å². The molecule has 0 bridgehead atoms. The van der Waals surface area contributed by atoms with Crippen molar-refractivity contribution in [1.82, 2.24) is 5.32 Å². The Morgan fingerprint density at radius 2 is 2.20 bits per heavy atom. The van der Waals surface area contributed by atoms with Gasteiger partial charge in [-0.3, -0.25) is 4.79 Å². The molecule has 0 atom stereocenters. The van der Waals surface area contributed by atoms with Crippen LogP contribution in [0, 0.1) is 6.92 Å². The topological polar surface area (TPSA) is 38.3 Å². The molecule has 0 saturated heterocycles. The Hall–Kier alpha value is -1.22. The molecule has 0 aliphatic rings. The van der Waals surface area contributed by atoms with Gasteiger partial charge in [0.25, 0.3) is 5.91 Å². The second kappa shape index (κ2) is 5.03. The molecule has 1 N–H and O–H groups in total. The molecule has 0 fully saturated rings. The average Bonchev–Trinajstić information content (AvgIpc) is 2.18. The Labute approximate surface area is 94.4 Å². The van der Waals surface area contributed by atoms with Gasteiger partial charge in [0.15, 0.2) is 0 Å². The third-order valence-corrected chi connectivity index (χ3v) is 2.46. The lowest BCUT2D eigenvalue weighted by Crippen LogP contribution is -2.24. The summed E-state index contributed by atoms with van der Waals surface area (Å²) in [5.41, 5.74) is 1.24. The number of carbonyl (C=O) groups is 1. The lowest BCUT2D eigenvalue weighted by Gasteiger charge is -2.11. The highest BCUT2D eigenvalue weighted by Crippen LogP contribution is 2.27. The molecule has 1 rings (SSSR count). The molecule has 0 aromatic heterocycles. The number of carbonyl (C=O) groups excluding carboxylic acids is 1. The van der Waals surface area contributed by atoms with E-state index in [2.05, 4.69) is 5.32 Å². The van der Waals surface area contributed by atoms with Gasteiger partial charge in [-0.25, -0.2) is 0 Å². The number of methoxy groups -OCH3 is 1. The zero-order valence-electron chi connectivity index (χ0n) is 9.06. The van der Waals surface area contributed by atoms with Crippen LogP contribution in [0.25, 0.3) is 0 Å². The molecule has 82 valence electrons. The first-order valence-electron chi connectivity index (χ1n) is 4.73. The van der Waals surface area contributed by atoms with Crippen LogP contribution in [0.2, 0.25) is 5.02 Å². The van der Waals surface area contributed by atoms with E-state index >= 15 is 0 Å². The first-order valence-corrected chi connectivity index (χ1v) is 5.10. The normalized spacial score (nSPS) is 9.87. The number of halogens is 1.